The first-order valence-corrected chi connectivity index (χ1v) is 4.60. The summed E-state index contributed by atoms with van der Waals surface area (Å²) in [7, 11) is 0. The first kappa shape index (κ1) is 9.96. The highest BCUT2D eigenvalue weighted by molar-refractivity contribution is 4.94. The monoisotopic (exact) mass is 173 g/mol. The number of hydrogen-bond donors (Lipinski definition) is 3. The van der Waals surface area contributed by atoms with E-state index in [0.717, 1.165) is 5.92 Å². The Hall–Kier alpha value is -0.120. The molecule has 0 unspecified atom stereocenters. The Morgan fingerprint density at radius 3 is 2.50 bits per heavy atom. The van der Waals surface area contributed by atoms with Crippen molar-refractivity contribution in [2.24, 2.45) is 5.92 Å². The fourth-order valence-electron chi connectivity index (χ4n) is 1.39. The number of hydrogen-bond acceptors (Lipinski definition) is 3. The molecule has 0 amide bonds. The molecule has 0 aromatic heterocycles. The summed E-state index contributed by atoms with van der Waals surface area (Å²) in [6, 6.07) is 0. The zero-order chi connectivity index (χ0) is 9.19. The summed E-state index contributed by atoms with van der Waals surface area (Å²) in [6.45, 7) is 4.62. The van der Waals surface area contributed by atoms with E-state index in [0.29, 0.717) is 6.54 Å². The molecule has 3 heteroatoms. The van der Waals surface area contributed by atoms with E-state index in [1.165, 1.54) is 12.8 Å². The van der Waals surface area contributed by atoms with Gasteiger partial charge in [-0.3, -0.25) is 0 Å². The second-order valence-electron chi connectivity index (χ2n) is 4.21. The van der Waals surface area contributed by atoms with Crippen molar-refractivity contribution in [1.29, 1.82) is 0 Å². The van der Waals surface area contributed by atoms with Gasteiger partial charge in [-0.2, -0.15) is 0 Å². The van der Waals surface area contributed by atoms with E-state index in [1.807, 2.05) is 0 Å². The fourth-order valence-corrected chi connectivity index (χ4v) is 1.39. The highest BCUT2D eigenvalue weighted by atomic mass is 16.3. The van der Waals surface area contributed by atoms with E-state index < -0.39 is 6.10 Å². The molecule has 72 valence electrons. The SMILES string of the molecule is CC(C)(NC[C@H](O)CO)C1CC1. The van der Waals surface area contributed by atoms with Crippen LogP contribution in [0.25, 0.3) is 0 Å². The van der Waals surface area contributed by atoms with Crippen LogP contribution in [0.15, 0.2) is 0 Å². The lowest BCUT2D eigenvalue weighted by molar-refractivity contribution is 0.0862. The van der Waals surface area contributed by atoms with Crippen molar-refractivity contribution < 1.29 is 10.2 Å². The van der Waals surface area contributed by atoms with Crippen molar-refractivity contribution in [3.8, 4) is 0 Å². The zero-order valence-electron chi connectivity index (χ0n) is 7.88. The lowest BCUT2D eigenvalue weighted by atomic mass is 9.98. The molecule has 1 atom stereocenters. The largest absolute Gasteiger partial charge is 0.394 e. The molecule has 1 fully saturated rings. The Kier molecular flexibility index (Phi) is 3.09. The quantitative estimate of drug-likeness (QED) is 0.553. The third-order valence-corrected chi connectivity index (χ3v) is 2.60. The van der Waals surface area contributed by atoms with E-state index in [4.69, 9.17) is 10.2 Å². The highest BCUT2D eigenvalue weighted by Gasteiger charge is 2.37. The first-order valence-electron chi connectivity index (χ1n) is 4.60. The van der Waals surface area contributed by atoms with Gasteiger partial charge in [0.25, 0.3) is 0 Å². The predicted octanol–water partition coefficient (Wildman–Crippen LogP) is 0.118. The second kappa shape index (κ2) is 3.73. The van der Waals surface area contributed by atoms with Crippen LogP contribution >= 0.6 is 0 Å². The van der Waals surface area contributed by atoms with Crippen molar-refractivity contribution in [3.05, 3.63) is 0 Å². The number of aliphatic hydroxyl groups excluding tert-OH is 2. The average molecular weight is 173 g/mol. The standard InChI is InChI=1S/C9H19NO2/c1-9(2,7-3-4-7)10-5-8(12)6-11/h7-8,10-12H,3-6H2,1-2H3/t8-/m0/s1. The van der Waals surface area contributed by atoms with Gasteiger partial charge in [-0.15, -0.1) is 0 Å². The van der Waals surface area contributed by atoms with Crippen LogP contribution in [0.3, 0.4) is 0 Å². The molecule has 1 saturated carbocycles. The van der Waals surface area contributed by atoms with Gasteiger partial charge in [-0.1, -0.05) is 0 Å². The summed E-state index contributed by atoms with van der Waals surface area (Å²) in [5, 5.41) is 21.0. The lowest BCUT2D eigenvalue weighted by Crippen LogP contribution is -2.45. The minimum atomic E-state index is -0.622. The summed E-state index contributed by atoms with van der Waals surface area (Å²) in [6.07, 6.45) is 1.95. The summed E-state index contributed by atoms with van der Waals surface area (Å²) in [4.78, 5) is 0. The van der Waals surface area contributed by atoms with Crippen LogP contribution in [0.4, 0.5) is 0 Å². The van der Waals surface area contributed by atoms with Gasteiger partial charge in [0.15, 0.2) is 0 Å². The van der Waals surface area contributed by atoms with Crippen LogP contribution in [0, 0.1) is 5.92 Å². The van der Waals surface area contributed by atoms with E-state index >= 15 is 0 Å². The van der Waals surface area contributed by atoms with E-state index in [9.17, 15) is 0 Å². The van der Waals surface area contributed by atoms with Gasteiger partial charge in [0.05, 0.1) is 12.7 Å². The maximum absolute atomic E-state index is 9.11. The van der Waals surface area contributed by atoms with Gasteiger partial charge in [-0.25, -0.2) is 0 Å². The second-order valence-corrected chi connectivity index (χ2v) is 4.21. The molecular weight excluding hydrogens is 154 g/mol. The van der Waals surface area contributed by atoms with Gasteiger partial charge in [-0.05, 0) is 32.6 Å². The topological polar surface area (TPSA) is 52.5 Å². The minimum absolute atomic E-state index is 0.121. The molecule has 0 aliphatic heterocycles. The maximum atomic E-state index is 9.11. The third-order valence-electron chi connectivity index (χ3n) is 2.60. The van der Waals surface area contributed by atoms with Gasteiger partial charge in [0.1, 0.15) is 0 Å². The van der Waals surface area contributed by atoms with E-state index in [-0.39, 0.29) is 12.1 Å². The molecule has 0 radical (unpaired) electrons. The Morgan fingerprint density at radius 1 is 1.50 bits per heavy atom. The zero-order valence-corrected chi connectivity index (χ0v) is 7.88. The molecule has 3 nitrogen and oxygen atoms in total. The first-order chi connectivity index (χ1) is 5.56. The molecule has 1 rings (SSSR count). The van der Waals surface area contributed by atoms with Crippen molar-refractivity contribution in [2.75, 3.05) is 13.2 Å². The van der Waals surface area contributed by atoms with Gasteiger partial charge >= 0.3 is 0 Å². The Bertz CT molecular complexity index is 143. The molecule has 0 spiro atoms. The number of β-amino-alcohol motifs (C(OH)–C–C–N with tert-alkyl or cyclic N) is 1. The van der Waals surface area contributed by atoms with Gasteiger partial charge < -0.3 is 15.5 Å². The summed E-state index contributed by atoms with van der Waals surface area (Å²) >= 11 is 0. The van der Waals surface area contributed by atoms with Crippen molar-refractivity contribution in [1.82, 2.24) is 5.32 Å². The minimum Gasteiger partial charge on any atom is -0.394 e. The molecule has 0 bridgehead atoms. The van der Waals surface area contributed by atoms with Crippen LogP contribution in [-0.2, 0) is 0 Å². The predicted molar refractivity (Wildman–Crippen MR) is 47.9 cm³/mol. The molecule has 1 aliphatic carbocycles. The van der Waals surface area contributed by atoms with Crippen molar-refractivity contribution >= 4 is 0 Å². The highest BCUT2D eigenvalue weighted by Crippen LogP contribution is 2.38. The van der Waals surface area contributed by atoms with Gasteiger partial charge in [0.2, 0.25) is 0 Å². The molecule has 0 aromatic carbocycles. The Balaban J connectivity index is 2.20. The molecular formula is C9H19NO2. The van der Waals surface area contributed by atoms with E-state index in [2.05, 4.69) is 19.2 Å². The number of nitrogens with one attached hydrogen (secondary N) is 1. The van der Waals surface area contributed by atoms with Gasteiger partial charge in [0, 0.05) is 12.1 Å². The summed E-state index contributed by atoms with van der Waals surface area (Å²) < 4.78 is 0. The third kappa shape index (κ3) is 2.73. The molecule has 0 saturated heterocycles. The lowest BCUT2D eigenvalue weighted by Gasteiger charge is -2.27. The summed E-state index contributed by atoms with van der Waals surface area (Å²) in [5.41, 5.74) is 0.121. The Labute approximate surface area is 73.8 Å². The molecule has 0 heterocycles. The summed E-state index contributed by atoms with van der Waals surface area (Å²) in [5.74, 6) is 0.753. The van der Waals surface area contributed by atoms with Crippen LogP contribution in [0.5, 0.6) is 0 Å². The maximum Gasteiger partial charge on any atom is 0.0895 e. The number of rotatable bonds is 5. The van der Waals surface area contributed by atoms with Crippen LogP contribution in [0.1, 0.15) is 26.7 Å². The fraction of sp³-hybridized carbons (Fsp3) is 1.00. The smallest absolute Gasteiger partial charge is 0.0895 e. The van der Waals surface area contributed by atoms with E-state index in [1.54, 1.807) is 0 Å². The Morgan fingerprint density at radius 2 is 2.08 bits per heavy atom. The van der Waals surface area contributed by atoms with Crippen molar-refractivity contribution in [3.63, 3.8) is 0 Å². The van der Waals surface area contributed by atoms with Crippen LogP contribution in [0.2, 0.25) is 0 Å². The average Bonchev–Trinajstić information content (AvgIpc) is 2.82. The molecule has 12 heavy (non-hydrogen) atoms. The molecule has 3 N–H and O–H groups in total. The van der Waals surface area contributed by atoms with Crippen LogP contribution < -0.4 is 5.32 Å². The van der Waals surface area contributed by atoms with Crippen LogP contribution in [-0.4, -0.2) is 35.0 Å². The number of aliphatic hydroxyl groups is 2. The van der Waals surface area contributed by atoms with Crippen molar-refractivity contribution in [2.45, 2.75) is 38.3 Å². The molecule has 1 aliphatic rings. The molecule has 0 aromatic rings. The normalized spacial score (nSPS) is 21.0.